The number of hydrogen-bond acceptors (Lipinski definition) is 6. The zero-order valence-corrected chi connectivity index (χ0v) is 19.8. The topological polar surface area (TPSA) is 93.6 Å². The van der Waals surface area contributed by atoms with Gasteiger partial charge in [0.1, 0.15) is 5.75 Å². The smallest absolute Gasteiger partial charge is 0.335 e. The van der Waals surface area contributed by atoms with Crippen molar-refractivity contribution in [3.05, 3.63) is 71.4 Å². The van der Waals surface area contributed by atoms with Gasteiger partial charge in [-0.25, -0.2) is 14.8 Å². The Bertz CT molecular complexity index is 1340. The normalized spacial score (nSPS) is 11.1. The zero-order chi connectivity index (χ0) is 24.2. The van der Waals surface area contributed by atoms with E-state index >= 15 is 0 Å². The molecule has 4 aromatic rings. The van der Waals surface area contributed by atoms with Crippen molar-refractivity contribution in [2.24, 2.45) is 0 Å². The van der Waals surface area contributed by atoms with Gasteiger partial charge in [0.15, 0.2) is 6.79 Å². The van der Waals surface area contributed by atoms with E-state index in [1.165, 1.54) is 0 Å². The highest BCUT2D eigenvalue weighted by Gasteiger charge is 2.21. The van der Waals surface area contributed by atoms with E-state index in [1.54, 1.807) is 37.6 Å². The number of halogens is 1. The van der Waals surface area contributed by atoms with Gasteiger partial charge in [0.25, 0.3) is 0 Å². The Balaban J connectivity index is 2.07. The first-order valence-corrected chi connectivity index (χ1v) is 11.1. The van der Waals surface area contributed by atoms with Crippen molar-refractivity contribution in [3.63, 3.8) is 0 Å². The molecule has 0 aliphatic carbocycles. The Morgan fingerprint density at radius 1 is 1.12 bits per heavy atom. The maximum absolute atomic E-state index is 11.4. The minimum absolute atomic E-state index is 0.00531. The van der Waals surface area contributed by atoms with Gasteiger partial charge in [-0.1, -0.05) is 41.9 Å². The average molecular weight is 478 g/mol. The van der Waals surface area contributed by atoms with Gasteiger partial charge < -0.3 is 19.9 Å². The lowest BCUT2D eigenvalue weighted by Crippen LogP contribution is -2.12. The van der Waals surface area contributed by atoms with E-state index in [9.17, 15) is 9.90 Å². The van der Waals surface area contributed by atoms with E-state index in [-0.39, 0.29) is 18.4 Å². The van der Waals surface area contributed by atoms with Gasteiger partial charge in [0.2, 0.25) is 5.95 Å². The molecule has 34 heavy (non-hydrogen) atoms. The van der Waals surface area contributed by atoms with Crippen molar-refractivity contribution >= 4 is 34.4 Å². The second kappa shape index (κ2) is 10.1. The largest absolute Gasteiger partial charge is 0.478 e. The number of anilines is 1. The average Bonchev–Trinajstić information content (AvgIpc) is 2.82. The van der Waals surface area contributed by atoms with Crippen LogP contribution in [0.15, 0.2) is 60.8 Å². The summed E-state index contributed by atoms with van der Waals surface area (Å²) >= 11 is 6.56. The second-order valence-corrected chi connectivity index (χ2v) is 8.38. The first-order chi connectivity index (χ1) is 16.4. The van der Waals surface area contributed by atoms with Crippen LogP contribution in [0.1, 0.15) is 24.2 Å². The van der Waals surface area contributed by atoms with Gasteiger partial charge in [0, 0.05) is 40.9 Å². The van der Waals surface area contributed by atoms with Crippen molar-refractivity contribution in [3.8, 4) is 28.0 Å². The van der Waals surface area contributed by atoms with Crippen LogP contribution in [-0.4, -0.2) is 41.0 Å². The Hall–Kier alpha value is -3.68. The minimum Gasteiger partial charge on any atom is -0.478 e. The Morgan fingerprint density at radius 2 is 1.85 bits per heavy atom. The third kappa shape index (κ3) is 4.81. The lowest BCUT2D eigenvalue weighted by molar-refractivity contribution is 0.0520. The number of fused-ring (bicyclic) bond motifs is 1. The molecule has 0 amide bonds. The molecule has 4 rings (SSSR count). The molecule has 0 bridgehead atoms. The maximum Gasteiger partial charge on any atom is 0.335 e. The minimum atomic E-state index is -0.997. The highest BCUT2D eigenvalue weighted by molar-refractivity contribution is 6.33. The Labute approximate surface area is 202 Å². The van der Waals surface area contributed by atoms with E-state index in [0.717, 1.165) is 22.1 Å². The zero-order valence-electron chi connectivity index (χ0n) is 19.0. The number of ether oxygens (including phenoxy) is 2. The van der Waals surface area contributed by atoms with Gasteiger partial charge in [0.05, 0.1) is 16.6 Å². The molecule has 7 nitrogen and oxygen atoms in total. The number of nitrogens with one attached hydrogen (secondary N) is 1. The van der Waals surface area contributed by atoms with Crippen LogP contribution in [-0.2, 0) is 4.74 Å². The van der Waals surface area contributed by atoms with Crippen LogP contribution < -0.4 is 10.1 Å². The lowest BCUT2D eigenvalue weighted by atomic mass is 9.93. The van der Waals surface area contributed by atoms with E-state index in [1.807, 2.05) is 44.2 Å². The number of carboxylic acids is 1. The molecule has 8 heteroatoms. The molecule has 0 radical (unpaired) electrons. The summed E-state index contributed by atoms with van der Waals surface area (Å²) < 4.78 is 11.3. The molecular formula is C26H24ClN3O4. The summed E-state index contributed by atoms with van der Waals surface area (Å²) in [4.78, 5) is 20.7. The summed E-state index contributed by atoms with van der Waals surface area (Å²) in [5.74, 6) is 0.0108. The molecule has 1 aromatic heterocycles. The van der Waals surface area contributed by atoms with Gasteiger partial charge in [-0.2, -0.15) is 0 Å². The van der Waals surface area contributed by atoms with Gasteiger partial charge in [-0.3, -0.25) is 0 Å². The first kappa shape index (κ1) is 23.5. The number of aromatic carboxylic acids is 1. The fraction of sp³-hybridized carbons (Fsp3) is 0.192. The molecular weight excluding hydrogens is 454 g/mol. The van der Waals surface area contributed by atoms with Crippen LogP contribution in [0.4, 0.5) is 5.95 Å². The summed E-state index contributed by atoms with van der Waals surface area (Å²) in [5.41, 5.74) is 3.81. The van der Waals surface area contributed by atoms with Gasteiger partial charge in [-0.15, -0.1) is 0 Å². The van der Waals surface area contributed by atoms with Crippen molar-refractivity contribution in [2.75, 3.05) is 19.2 Å². The highest BCUT2D eigenvalue weighted by Crippen LogP contribution is 2.45. The molecule has 0 spiro atoms. The van der Waals surface area contributed by atoms with Crippen molar-refractivity contribution in [1.82, 2.24) is 9.97 Å². The molecule has 0 fully saturated rings. The summed E-state index contributed by atoms with van der Waals surface area (Å²) in [6, 6.07) is 16.2. The van der Waals surface area contributed by atoms with Crippen molar-refractivity contribution < 1.29 is 19.4 Å². The van der Waals surface area contributed by atoms with Crippen LogP contribution >= 0.6 is 11.6 Å². The van der Waals surface area contributed by atoms with E-state index < -0.39 is 5.97 Å². The molecule has 0 aliphatic rings. The monoisotopic (exact) mass is 477 g/mol. The number of carbonyl (C=O) groups is 1. The van der Waals surface area contributed by atoms with Crippen LogP contribution in [0.5, 0.6) is 5.75 Å². The molecule has 2 N–H and O–H groups in total. The van der Waals surface area contributed by atoms with E-state index in [0.29, 0.717) is 27.8 Å². The number of nitrogens with zero attached hydrogens (tertiary/aromatic N) is 2. The summed E-state index contributed by atoms with van der Waals surface area (Å²) in [6.45, 7) is 4.02. The molecule has 174 valence electrons. The summed E-state index contributed by atoms with van der Waals surface area (Å²) in [5, 5.41) is 13.9. The Kier molecular flexibility index (Phi) is 6.95. The molecule has 0 saturated heterocycles. The number of methoxy groups -OCH3 is 1. The Morgan fingerprint density at radius 3 is 2.50 bits per heavy atom. The maximum atomic E-state index is 11.4. The number of hydrogen-bond donors (Lipinski definition) is 2. The quantitative estimate of drug-likeness (QED) is 0.295. The third-order valence-corrected chi connectivity index (χ3v) is 5.48. The first-order valence-electron chi connectivity index (χ1n) is 10.7. The number of rotatable bonds is 8. The van der Waals surface area contributed by atoms with Crippen molar-refractivity contribution in [2.45, 2.75) is 19.9 Å². The standard InChI is InChI=1S/C26H24ClN3O4/c1-15(2)29-26-28-13-18-12-20(19-6-4-5-7-21(19)27)24(34-14-33-3)22(23(18)30-26)16-8-10-17(11-9-16)25(31)32/h4-13,15H,14H2,1-3H3,(H,31,32)(H,28,29,30). The molecule has 3 aromatic carbocycles. The molecule has 0 unspecified atom stereocenters. The van der Waals surface area contributed by atoms with E-state index in [4.69, 9.17) is 26.1 Å². The molecule has 0 aliphatic heterocycles. The lowest BCUT2D eigenvalue weighted by Gasteiger charge is -2.19. The highest BCUT2D eigenvalue weighted by atomic mass is 35.5. The molecule has 1 heterocycles. The SMILES string of the molecule is COCOc1c(-c2ccccc2Cl)cc2cnc(NC(C)C)nc2c1-c1ccc(C(=O)O)cc1. The fourth-order valence-corrected chi connectivity index (χ4v) is 3.92. The van der Waals surface area contributed by atoms with E-state index in [2.05, 4.69) is 10.3 Å². The van der Waals surface area contributed by atoms with Gasteiger partial charge >= 0.3 is 5.97 Å². The second-order valence-electron chi connectivity index (χ2n) is 7.97. The summed E-state index contributed by atoms with van der Waals surface area (Å²) in [7, 11) is 1.55. The fourth-order valence-electron chi connectivity index (χ4n) is 3.68. The molecule has 0 saturated carbocycles. The van der Waals surface area contributed by atoms with Crippen LogP contribution in [0.2, 0.25) is 5.02 Å². The third-order valence-electron chi connectivity index (χ3n) is 5.15. The van der Waals surface area contributed by atoms with Gasteiger partial charge in [-0.05, 0) is 43.7 Å². The predicted molar refractivity (Wildman–Crippen MR) is 134 cm³/mol. The number of benzene rings is 3. The van der Waals surface area contributed by atoms with Crippen LogP contribution in [0, 0.1) is 0 Å². The number of aromatic nitrogens is 2. The van der Waals surface area contributed by atoms with Crippen LogP contribution in [0.3, 0.4) is 0 Å². The van der Waals surface area contributed by atoms with Crippen LogP contribution in [0.25, 0.3) is 33.2 Å². The number of carboxylic acid groups (broad SMARTS) is 1. The molecule has 0 atom stereocenters. The van der Waals surface area contributed by atoms with Crippen molar-refractivity contribution in [1.29, 1.82) is 0 Å². The summed E-state index contributed by atoms with van der Waals surface area (Å²) in [6.07, 6.45) is 1.75. The predicted octanol–water partition coefficient (Wildman–Crippen LogP) is 6.12.